The molecule has 2 aromatic carbocycles. The van der Waals surface area contributed by atoms with Crippen molar-refractivity contribution < 1.29 is 14.3 Å². The van der Waals surface area contributed by atoms with Crippen molar-refractivity contribution in [3.63, 3.8) is 0 Å². The van der Waals surface area contributed by atoms with Gasteiger partial charge in [-0.2, -0.15) is 0 Å². The molecule has 0 unspecified atom stereocenters. The third-order valence-electron chi connectivity index (χ3n) is 3.61. The predicted octanol–water partition coefficient (Wildman–Crippen LogP) is 3.90. The number of benzene rings is 2. The van der Waals surface area contributed by atoms with Crippen molar-refractivity contribution in [3.8, 4) is 11.5 Å². The Labute approximate surface area is 150 Å². The minimum Gasteiger partial charge on any atom is -0.497 e. The molecule has 1 N–H and O–H groups in total. The molecule has 1 aliphatic rings. The van der Waals surface area contributed by atoms with E-state index in [0.717, 1.165) is 16.8 Å². The molecule has 0 aromatic heterocycles. The number of aliphatic imine (C=N–C) groups is 1. The second kappa shape index (κ2) is 7.44. The van der Waals surface area contributed by atoms with E-state index in [4.69, 9.17) is 9.47 Å². The van der Waals surface area contributed by atoms with Crippen LogP contribution in [0.25, 0.3) is 6.08 Å². The van der Waals surface area contributed by atoms with Gasteiger partial charge in [-0.15, -0.1) is 0 Å². The van der Waals surface area contributed by atoms with E-state index in [1.165, 1.54) is 11.8 Å². The zero-order chi connectivity index (χ0) is 17.8. The van der Waals surface area contributed by atoms with Crippen molar-refractivity contribution in [2.75, 3.05) is 14.2 Å². The Morgan fingerprint density at radius 3 is 2.68 bits per heavy atom. The quantitative estimate of drug-likeness (QED) is 0.846. The highest BCUT2D eigenvalue weighted by Crippen LogP contribution is 2.32. The maximum atomic E-state index is 12.2. The molecule has 1 amide bonds. The summed E-state index contributed by atoms with van der Waals surface area (Å²) in [7, 11) is 3.19. The second-order valence-electron chi connectivity index (χ2n) is 5.43. The summed E-state index contributed by atoms with van der Waals surface area (Å²) < 4.78 is 10.6. The highest BCUT2D eigenvalue weighted by atomic mass is 32.2. The van der Waals surface area contributed by atoms with Crippen LogP contribution in [0.1, 0.15) is 11.1 Å². The highest BCUT2D eigenvalue weighted by Gasteiger charge is 2.24. The summed E-state index contributed by atoms with van der Waals surface area (Å²) in [4.78, 5) is 17.3. The van der Waals surface area contributed by atoms with Crippen LogP contribution >= 0.6 is 11.8 Å². The van der Waals surface area contributed by atoms with Gasteiger partial charge in [0.1, 0.15) is 11.5 Å². The molecule has 0 spiro atoms. The predicted molar refractivity (Wildman–Crippen MR) is 102 cm³/mol. The van der Waals surface area contributed by atoms with Crippen LogP contribution in [0.2, 0.25) is 0 Å². The molecule has 2 aromatic rings. The fraction of sp³-hybridized carbons (Fsp3) is 0.158. The van der Waals surface area contributed by atoms with Crippen molar-refractivity contribution in [3.05, 3.63) is 58.5 Å². The van der Waals surface area contributed by atoms with Gasteiger partial charge in [0.05, 0.1) is 24.8 Å². The van der Waals surface area contributed by atoms with Crippen LogP contribution in [0.3, 0.4) is 0 Å². The van der Waals surface area contributed by atoms with Crippen LogP contribution in [0.4, 0.5) is 5.69 Å². The number of rotatable bonds is 4. The lowest BCUT2D eigenvalue weighted by Crippen LogP contribution is -2.19. The summed E-state index contributed by atoms with van der Waals surface area (Å²) in [5, 5.41) is 3.36. The normalized spacial score (nSPS) is 17.0. The molecule has 6 heteroatoms. The average Bonchev–Trinajstić information content (AvgIpc) is 2.94. The van der Waals surface area contributed by atoms with Crippen LogP contribution in [-0.2, 0) is 4.79 Å². The summed E-state index contributed by atoms with van der Waals surface area (Å²) in [5.41, 5.74) is 2.73. The van der Waals surface area contributed by atoms with Gasteiger partial charge in [0.15, 0.2) is 5.17 Å². The molecule has 0 radical (unpaired) electrons. The number of amides is 1. The van der Waals surface area contributed by atoms with Crippen molar-refractivity contribution in [1.29, 1.82) is 0 Å². The number of hydrogen-bond donors (Lipinski definition) is 1. The first-order chi connectivity index (χ1) is 12.1. The van der Waals surface area contributed by atoms with Crippen LogP contribution < -0.4 is 14.8 Å². The molecule has 1 heterocycles. The number of methoxy groups -OCH3 is 2. The molecule has 1 saturated heterocycles. The maximum Gasteiger partial charge on any atom is 0.264 e. The molecule has 0 aliphatic carbocycles. The number of aryl methyl sites for hydroxylation is 1. The van der Waals surface area contributed by atoms with Gasteiger partial charge in [0, 0.05) is 11.6 Å². The van der Waals surface area contributed by atoms with E-state index < -0.39 is 0 Å². The van der Waals surface area contributed by atoms with Gasteiger partial charge in [-0.3, -0.25) is 4.79 Å². The van der Waals surface area contributed by atoms with E-state index in [0.29, 0.717) is 21.6 Å². The molecule has 25 heavy (non-hydrogen) atoms. The molecule has 0 bridgehead atoms. The lowest BCUT2D eigenvalue weighted by Gasteiger charge is -2.07. The number of amidine groups is 1. The number of carbonyl (C=O) groups excluding carboxylic acids is 1. The van der Waals surface area contributed by atoms with E-state index >= 15 is 0 Å². The Kier molecular flexibility index (Phi) is 5.09. The smallest absolute Gasteiger partial charge is 0.264 e. The number of thioether (sulfide) groups is 1. The van der Waals surface area contributed by atoms with E-state index in [2.05, 4.69) is 10.3 Å². The third kappa shape index (κ3) is 4.03. The fourth-order valence-electron chi connectivity index (χ4n) is 2.37. The number of nitrogens with zero attached hydrogens (tertiary/aromatic N) is 1. The Morgan fingerprint density at radius 1 is 1.12 bits per heavy atom. The van der Waals surface area contributed by atoms with E-state index in [9.17, 15) is 4.79 Å². The van der Waals surface area contributed by atoms with Crippen molar-refractivity contribution >= 4 is 34.6 Å². The Balaban J connectivity index is 1.87. The van der Waals surface area contributed by atoms with Crippen LogP contribution in [0.5, 0.6) is 11.5 Å². The third-order valence-corrected chi connectivity index (χ3v) is 4.52. The molecule has 5 nitrogen and oxygen atoms in total. The number of ether oxygens (including phenoxy) is 2. The van der Waals surface area contributed by atoms with E-state index in [1.54, 1.807) is 26.4 Å². The number of hydrogen-bond acceptors (Lipinski definition) is 5. The fourth-order valence-corrected chi connectivity index (χ4v) is 3.21. The Hall–Kier alpha value is -2.73. The SMILES string of the molecule is COc1ccc(/C=C2\SC(=Nc3cccc(C)c3)NC2=O)c(OC)c1. The average molecular weight is 354 g/mol. The number of carbonyl (C=O) groups is 1. The molecule has 0 saturated carbocycles. The van der Waals surface area contributed by atoms with Gasteiger partial charge in [-0.05, 0) is 54.6 Å². The number of nitrogens with one attached hydrogen (secondary N) is 1. The monoisotopic (exact) mass is 354 g/mol. The molecular formula is C19H18N2O3S. The van der Waals surface area contributed by atoms with Gasteiger partial charge in [0.2, 0.25) is 0 Å². The lowest BCUT2D eigenvalue weighted by molar-refractivity contribution is -0.115. The first kappa shape index (κ1) is 17.1. The summed E-state index contributed by atoms with van der Waals surface area (Å²) in [6, 6.07) is 13.3. The van der Waals surface area contributed by atoms with Gasteiger partial charge >= 0.3 is 0 Å². The van der Waals surface area contributed by atoms with Gasteiger partial charge in [0.25, 0.3) is 5.91 Å². The van der Waals surface area contributed by atoms with E-state index in [-0.39, 0.29) is 5.91 Å². The van der Waals surface area contributed by atoms with Crippen LogP contribution in [-0.4, -0.2) is 25.3 Å². The van der Waals surface area contributed by atoms with Gasteiger partial charge in [-0.25, -0.2) is 4.99 Å². The highest BCUT2D eigenvalue weighted by molar-refractivity contribution is 8.18. The first-order valence-corrected chi connectivity index (χ1v) is 8.49. The standard InChI is InChI=1S/C19H18N2O3S/c1-12-5-4-6-14(9-12)20-19-21-18(22)17(25-19)10-13-7-8-15(23-2)11-16(13)24-3/h4-11H,1-3H3,(H,20,21,22)/b17-10-. The van der Waals surface area contributed by atoms with Crippen molar-refractivity contribution in [2.45, 2.75) is 6.92 Å². The van der Waals surface area contributed by atoms with Crippen LogP contribution in [0, 0.1) is 6.92 Å². The van der Waals surface area contributed by atoms with Crippen molar-refractivity contribution in [1.82, 2.24) is 5.32 Å². The lowest BCUT2D eigenvalue weighted by atomic mass is 10.1. The largest absolute Gasteiger partial charge is 0.497 e. The zero-order valence-electron chi connectivity index (χ0n) is 14.2. The van der Waals surface area contributed by atoms with Gasteiger partial charge in [-0.1, -0.05) is 12.1 Å². The molecule has 0 atom stereocenters. The molecule has 3 rings (SSSR count). The molecular weight excluding hydrogens is 336 g/mol. The molecule has 1 aliphatic heterocycles. The summed E-state index contributed by atoms with van der Waals surface area (Å²) >= 11 is 1.31. The summed E-state index contributed by atoms with van der Waals surface area (Å²) in [6.45, 7) is 2.01. The zero-order valence-corrected chi connectivity index (χ0v) is 15.0. The second-order valence-corrected chi connectivity index (χ2v) is 6.46. The minimum atomic E-state index is -0.172. The Bertz CT molecular complexity index is 875. The Morgan fingerprint density at radius 2 is 1.96 bits per heavy atom. The van der Waals surface area contributed by atoms with Crippen molar-refractivity contribution in [2.24, 2.45) is 4.99 Å². The minimum absolute atomic E-state index is 0.172. The molecule has 1 fully saturated rings. The topological polar surface area (TPSA) is 59.9 Å². The maximum absolute atomic E-state index is 12.2. The first-order valence-electron chi connectivity index (χ1n) is 7.67. The van der Waals surface area contributed by atoms with E-state index in [1.807, 2.05) is 43.3 Å². The summed E-state index contributed by atoms with van der Waals surface area (Å²) in [5.74, 6) is 1.17. The van der Waals surface area contributed by atoms with Gasteiger partial charge < -0.3 is 14.8 Å². The summed E-state index contributed by atoms with van der Waals surface area (Å²) in [6.07, 6.45) is 1.79. The van der Waals surface area contributed by atoms with Crippen LogP contribution in [0.15, 0.2) is 52.4 Å². The molecule has 128 valence electrons.